The van der Waals surface area contributed by atoms with Crippen molar-refractivity contribution in [1.29, 1.82) is 0 Å². The molecular weight excluding hydrogens is 513 g/mol. The summed E-state index contributed by atoms with van der Waals surface area (Å²) in [6.45, 7) is -0.923. The first-order valence-electron chi connectivity index (χ1n) is 11.8. The SMILES string of the molecule is Cn1ncc(NC(=O)c2ccc(F)c(-c3c(F)cc(C4(F)COC4)cc3F)n2)c1[C@@H]1CC[C@@H](N)[C@H](F)CO1. The zero-order chi connectivity index (χ0) is 27.2. The van der Waals surface area contributed by atoms with Gasteiger partial charge in [0.05, 0.1) is 43.0 Å². The van der Waals surface area contributed by atoms with Crippen molar-refractivity contribution in [2.45, 2.75) is 36.8 Å². The van der Waals surface area contributed by atoms with Crippen LogP contribution in [0.4, 0.5) is 27.6 Å². The number of rotatable bonds is 5. The first-order chi connectivity index (χ1) is 18.1. The Kier molecular flexibility index (Phi) is 6.92. The maximum atomic E-state index is 14.9. The number of carbonyl (C=O) groups excluding carboxylic acids is 1. The quantitative estimate of drug-likeness (QED) is 0.479. The van der Waals surface area contributed by atoms with Gasteiger partial charge in [-0.15, -0.1) is 0 Å². The second kappa shape index (κ2) is 10.0. The molecule has 38 heavy (non-hydrogen) atoms. The van der Waals surface area contributed by atoms with Gasteiger partial charge in [0.15, 0.2) is 5.67 Å². The van der Waals surface area contributed by atoms with Crippen LogP contribution < -0.4 is 11.1 Å². The molecule has 2 fully saturated rings. The molecule has 3 atom stereocenters. The number of anilines is 1. The highest BCUT2D eigenvalue weighted by Crippen LogP contribution is 2.38. The van der Waals surface area contributed by atoms with Crippen molar-refractivity contribution in [1.82, 2.24) is 14.8 Å². The molecule has 2 saturated heterocycles. The number of benzene rings is 1. The summed E-state index contributed by atoms with van der Waals surface area (Å²) in [5.41, 5.74) is 2.24. The van der Waals surface area contributed by atoms with Gasteiger partial charge in [-0.2, -0.15) is 5.10 Å². The summed E-state index contributed by atoms with van der Waals surface area (Å²) in [4.78, 5) is 16.9. The summed E-state index contributed by atoms with van der Waals surface area (Å²) in [6.07, 6.45) is 0.139. The van der Waals surface area contributed by atoms with Gasteiger partial charge in [-0.05, 0) is 42.7 Å². The highest BCUT2D eigenvalue weighted by molar-refractivity contribution is 6.03. The summed E-state index contributed by atoms with van der Waals surface area (Å²) in [7, 11) is 1.62. The molecule has 2 aliphatic rings. The number of alkyl halides is 2. The molecule has 13 heteroatoms. The van der Waals surface area contributed by atoms with Gasteiger partial charge in [0.25, 0.3) is 5.91 Å². The molecule has 202 valence electrons. The molecule has 8 nitrogen and oxygen atoms in total. The Morgan fingerprint density at radius 3 is 2.53 bits per heavy atom. The van der Waals surface area contributed by atoms with E-state index in [9.17, 15) is 26.7 Å². The van der Waals surface area contributed by atoms with Gasteiger partial charge >= 0.3 is 0 Å². The largest absolute Gasteiger partial charge is 0.374 e. The van der Waals surface area contributed by atoms with E-state index in [1.54, 1.807) is 7.05 Å². The molecule has 0 saturated carbocycles. The Hall–Kier alpha value is -3.42. The zero-order valence-corrected chi connectivity index (χ0v) is 20.2. The lowest BCUT2D eigenvalue weighted by molar-refractivity contribution is -0.135. The molecule has 1 aromatic carbocycles. The van der Waals surface area contributed by atoms with E-state index in [-0.39, 0.29) is 36.8 Å². The summed E-state index contributed by atoms with van der Waals surface area (Å²) >= 11 is 0. The second-order valence-electron chi connectivity index (χ2n) is 9.40. The normalized spacial score (nSPS) is 23.0. The van der Waals surface area contributed by atoms with Crippen LogP contribution in [0, 0.1) is 17.5 Å². The van der Waals surface area contributed by atoms with Crippen LogP contribution in [-0.2, 0) is 22.2 Å². The van der Waals surface area contributed by atoms with Crippen molar-refractivity contribution in [2.24, 2.45) is 12.8 Å². The summed E-state index contributed by atoms with van der Waals surface area (Å²) < 4.78 is 84.9. The topological polar surface area (TPSA) is 104 Å². The van der Waals surface area contributed by atoms with E-state index < -0.39 is 58.6 Å². The number of carbonyl (C=O) groups is 1. The third kappa shape index (κ3) is 4.76. The third-order valence-corrected chi connectivity index (χ3v) is 6.76. The molecule has 3 N–H and O–H groups in total. The third-order valence-electron chi connectivity index (χ3n) is 6.76. The summed E-state index contributed by atoms with van der Waals surface area (Å²) in [5, 5.41) is 6.72. The number of aromatic nitrogens is 3. The highest BCUT2D eigenvalue weighted by Gasteiger charge is 2.42. The molecule has 0 bridgehead atoms. The Morgan fingerprint density at radius 1 is 1.16 bits per heavy atom. The van der Waals surface area contributed by atoms with Gasteiger partial charge in [0.2, 0.25) is 0 Å². The van der Waals surface area contributed by atoms with E-state index in [1.165, 1.54) is 10.9 Å². The minimum atomic E-state index is -2.04. The number of ether oxygens (including phenoxy) is 2. The number of hydrogen-bond acceptors (Lipinski definition) is 6. The molecule has 2 aromatic heterocycles. The van der Waals surface area contributed by atoms with Crippen molar-refractivity contribution in [3.05, 3.63) is 64.9 Å². The zero-order valence-electron chi connectivity index (χ0n) is 20.2. The number of pyridine rings is 1. The van der Waals surface area contributed by atoms with Crippen molar-refractivity contribution in [2.75, 3.05) is 25.1 Å². The smallest absolute Gasteiger partial charge is 0.274 e. The second-order valence-corrected chi connectivity index (χ2v) is 9.40. The first kappa shape index (κ1) is 26.2. The molecule has 0 unspecified atom stereocenters. The molecule has 3 aromatic rings. The molecule has 1 amide bonds. The van der Waals surface area contributed by atoms with Crippen LogP contribution in [-0.4, -0.2) is 52.7 Å². The van der Waals surface area contributed by atoms with Crippen LogP contribution in [0.1, 0.15) is 40.7 Å². The molecule has 2 aliphatic heterocycles. The molecular formula is C25H24F5N5O3. The number of hydrogen-bond donors (Lipinski definition) is 2. The van der Waals surface area contributed by atoms with Crippen LogP contribution in [0.15, 0.2) is 30.5 Å². The van der Waals surface area contributed by atoms with E-state index in [2.05, 4.69) is 15.4 Å². The first-order valence-corrected chi connectivity index (χ1v) is 11.8. The molecule has 0 radical (unpaired) electrons. The average molecular weight is 537 g/mol. The lowest BCUT2D eigenvalue weighted by Crippen LogP contribution is -2.42. The average Bonchev–Trinajstić information content (AvgIpc) is 3.13. The Bertz CT molecular complexity index is 1340. The van der Waals surface area contributed by atoms with Crippen LogP contribution in [0.5, 0.6) is 0 Å². The lowest BCUT2D eigenvalue weighted by Gasteiger charge is -2.34. The van der Waals surface area contributed by atoms with Crippen molar-refractivity contribution < 1.29 is 36.2 Å². The van der Waals surface area contributed by atoms with Gasteiger partial charge < -0.3 is 20.5 Å². The van der Waals surface area contributed by atoms with E-state index >= 15 is 0 Å². The summed E-state index contributed by atoms with van der Waals surface area (Å²) in [5.74, 6) is -4.38. The number of nitrogens with zero attached hydrogens (tertiary/aromatic N) is 3. The lowest BCUT2D eigenvalue weighted by atomic mass is 9.92. The van der Waals surface area contributed by atoms with Crippen LogP contribution in [0.2, 0.25) is 0 Å². The number of halogens is 5. The standard InChI is InChI=1S/C25H24F5N5O3/c1-35-23(20-5-3-17(31)16(29)9-38-20)19(8-32-35)34-24(36)18-4-2-13(26)22(33-18)21-14(27)6-12(7-15(21)28)25(30)10-37-11-25/h2,4,6-8,16-17,20H,3,5,9-11,31H2,1H3,(H,34,36)/t16-,17-,20+/m1/s1. The van der Waals surface area contributed by atoms with E-state index in [1.807, 2.05) is 0 Å². The van der Waals surface area contributed by atoms with E-state index in [0.717, 1.165) is 24.3 Å². The van der Waals surface area contributed by atoms with Gasteiger partial charge in [-0.1, -0.05) is 0 Å². The van der Waals surface area contributed by atoms with Crippen molar-refractivity contribution >= 4 is 11.6 Å². The number of nitrogens with one attached hydrogen (secondary N) is 1. The van der Waals surface area contributed by atoms with E-state index in [4.69, 9.17) is 15.2 Å². The fourth-order valence-electron chi connectivity index (χ4n) is 4.52. The molecule has 0 spiro atoms. The molecule has 5 rings (SSSR count). The maximum absolute atomic E-state index is 14.9. The van der Waals surface area contributed by atoms with Gasteiger partial charge in [0.1, 0.15) is 41.1 Å². The number of amides is 1. The molecule has 4 heterocycles. The number of nitrogens with two attached hydrogens (primary N) is 1. The van der Waals surface area contributed by atoms with Crippen LogP contribution in [0.25, 0.3) is 11.3 Å². The van der Waals surface area contributed by atoms with Crippen LogP contribution in [0.3, 0.4) is 0 Å². The Morgan fingerprint density at radius 2 is 1.87 bits per heavy atom. The predicted octanol–water partition coefficient (Wildman–Crippen LogP) is 3.86. The number of aryl methyl sites for hydroxylation is 1. The minimum absolute atomic E-state index is 0.222. The Labute approximate surface area is 213 Å². The fraction of sp³-hybridized carbons (Fsp3) is 0.400. The van der Waals surface area contributed by atoms with Crippen molar-refractivity contribution in [3.63, 3.8) is 0 Å². The minimum Gasteiger partial charge on any atom is -0.374 e. The van der Waals surface area contributed by atoms with Gasteiger partial charge in [0, 0.05) is 13.1 Å². The van der Waals surface area contributed by atoms with E-state index in [0.29, 0.717) is 18.5 Å². The summed E-state index contributed by atoms with van der Waals surface area (Å²) in [6, 6.07) is 2.74. The maximum Gasteiger partial charge on any atom is 0.274 e. The monoisotopic (exact) mass is 537 g/mol. The van der Waals surface area contributed by atoms with Crippen molar-refractivity contribution in [3.8, 4) is 11.3 Å². The fourth-order valence-corrected chi connectivity index (χ4v) is 4.52. The van der Waals surface area contributed by atoms with Crippen LogP contribution >= 0.6 is 0 Å². The highest BCUT2D eigenvalue weighted by atomic mass is 19.2. The van der Waals surface area contributed by atoms with Gasteiger partial charge in [-0.3, -0.25) is 9.48 Å². The van der Waals surface area contributed by atoms with Gasteiger partial charge in [-0.25, -0.2) is 26.9 Å². The predicted molar refractivity (Wildman–Crippen MR) is 125 cm³/mol. The Balaban J connectivity index is 1.42. The molecule has 0 aliphatic carbocycles.